The first-order valence-corrected chi connectivity index (χ1v) is 10.2. The van der Waals surface area contributed by atoms with Gasteiger partial charge in [0.25, 0.3) is 0 Å². The number of aliphatic hydroxyl groups is 1. The number of benzene rings is 2. The molecule has 4 nitrogen and oxygen atoms in total. The number of hydrogen-bond donors (Lipinski definition) is 1. The number of aromatic nitrogens is 1. The molecule has 1 unspecified atom stereocenters. The van der Waals surface area contributed by atoms with E-state index in [4.69, 9.17) is 0 Å². The summed E-state index contributed by atoms with van der Waals surface area (Å²) < 4.78 is 20.4. The molecular formula is C25H28FNO3. The van der Waals surface area contributed by atoms with Crippen LogP contribution in [0.15, 0.2) is 60.7 Å². The zero-order valence-corrected chi connectivity index (χ0v) is 17.6. The molecule has 2 aromatic carbocycles. The average molecular weight is 410 g/mol. The maximum Gasteiger partial charge on any atom is 0.330 e. The molecule has 1 aromatic heterocycles. The number of fused-ring (bicyclic) bond motifs is 1. The number of ether oxygens (including phenoxy) is 1. The van der Waals surface area contributed by atoms with Crippen molar-refractivity contribution in [3.63, 3.8) is 0 Å². The second-order valence-corrected chi connectivity index (χ2v) is 7.66. The highest BCUT2D eigenvalue weighted by Crippen LogP contribution is 2.38. The Morgan fingerprint density at radius 2 is 1.87 bits per heavy atom. The molecule has 0 saturated carbocycles. The number of halogens is 1. The quantitative estimate of drug-likeness (QED) is 0.398. The van der Waals surface area contributed by atoms with Crippen LogP contribution in [0.2, 0.25) is 0 Å². The van der Waals surface area contributed by atoms with E-state index in [-0.39, 0.29) is 11.9 Å². The van der Waals surface area contributed by atoms with Gasteiger partial charge in [0, 0.05) is 34.3 Å². The lowest BCUT2D eigenvalue weighted by atomic mass is 9.98. The van der Waals surface area contributed by atoms with Crippen molar-refractivity contribution in [2.24, 2.45) is 0 Å². The van der Waals surface area contributed by atoms with E-state index in [2.05, 4.69) is 35.3 Å². The number of para-hydroxylation sites is 1. The predicted molar refractivity (Wildman–Crippen MR) is 118 cm³/mol. The summed E-state index contributed by atoms with van der Waals surface area (Å²) in [5.41, 5.74) is 4.29. The molecule has 0 aliphatic carbocycles. The smallest absolute Gasteiger partial charge is 0.330 e. The number of rotatable bonds is 8. The Labute approximate surface area is 176 Å². The Morgan fingerprint density at radius 3 is 2.53 bits per heavy atom. The number of carbonyl (C=O) groups excluding carboxylic acids is 1. The van der Waals surface area contributed by atoms with Crippen LogP contribution < -0.4 is 0 Å². The summed E-state index contributed by atoms with van der Waals surface area (Å²) in [5.74, 6) is -0.693. The maximum atomic E-state index is 13.5. The molecule has 0 aliphatic rings. The summed E-state index contributed by atoms with van der Waals surface area (Å²) >= 11 is 0. The highest BCUT2D eigenvalue weighted by molar-refractivity contribution is 5.98. The highest BCUT2D eigenvalue weighted by atomic mass is 19.1. The minimum Gasteiger partial charge on any atom is -0.466 e. The Balaban J connectivity index is 1.97. The van der Waals surface area contributed by atoms with Crippen LogP contribution in [0, 0.1) is 5.82 Å². The number of aliphatic hydroxyl groups excluding tert-OH is 1. The van der Waals surface area contributed by atoms with Crippen LogP contribution in [0.25, 0.3) is 22.0 Å². The second-order valence-electron chi connectivity index (χ2n) is 7.66. The van der Waals surface area contributed by atoms with E-state index in [1.54, 1.807) is 18.2 Å². The van der Waals surface area contributed by atoms with Gasteiger partial charge in [-0.05, 0) is 56.9 Å². The fourth-order valence-electron chi connectivity index (χ4n) is 3.90. The summed E-state index contributed by atoms with van der Waals surface area (Å²) in [4.78, 5) is 11.2. The lowest BCUT2D eigenvalue weighted by Gasteiger charge is -2.17. The lowest BCUT2D eigenvalue weighted by Crippen LogP contribution is -2.11. The molecule has 0 amide bonds. The van der Waals surface area contributed by atoms with Gasteiger partial charge in [-0.15, -0.1) is 0 Å². The topological polar surface area (TPSA) is 51.5 Å². The van der Waals surface area contributed by atoms with Crippen LogP contribution in [0.3, 0.4) is 0 Å². The number of carbonyl (C=O) groups is 1. The third kappa shape index (κ3) is 4.79. The van der Waals surface area contributed by atoms with E-state index in [1.807, 2.05) is 12.1 Å². The van der Waals surface area contributed by atoms with E-state index in [0.717, 1.165) is 27.7 Å². The minimum absolute atomic E-state index is 0.232. The Kier molecular flexibility index (Phi) is 7.06. The van der Waals surface area contributed by atoms with E-state index >= 15 is 0 Å². The molecule has 5 heteroatoms. The minimum atomic E-state index is -0.578. The van der Waals surface area contributed by atoms with Gasteiger partial charge in [0.1, 0.15) is 5.82 Å². The number of methoxy groups -OCH3 is 1. The molecule has 0 aliphatic heterocycles. The standard InChI is InChI=1S/C25H28FNO3/c1-17(2)27-22-9-5-4-8-21(22)25(18-11-13-19(26)14-12-18)23(27)16-15-20(28)7-6-10-24(29)30-3/h4-6,8-14,17,20,28H,7,15-16H2,1-3H3. The largest absolute Gasteiger partial charge is 0.466 e. The van der Waals surface area contributed by atoms with Crippen molar-refractivity contribution in [1.82, 2.24) is 4.57 Å². The van der Waals surface area contributed by atoms with Gasteiger partial charge in [0.15, 0.2) is 0 Å². The second kappa shape index (κ2) is 9.72. The number of nitrogens with zero attached hydrogens (tertiary/aromatic N) is 1. The van der Waals surface area contributed by atoms with Crippen molar-refractivity contribution < 1.29 is 19.0 Å². The van der Waals surface area contributed by atoms with Gasteiger partial charge in [0.05, 0.1) is 13.2 Å². The fourth-order valence-corrected chi connectivity index (χ4v) is 3.90. The fraction of sp³-hybridized carbons (Fsp3) is 0.320. The predicted octanol–water partition coefficient (Wildman–Crippen LogP) is 5.44. The van der Waals surface area contributed by atoms with Crippen LogP contribution in [0.5, 0.6) is 0 Å². The summed E-state index contributed by atoms with van der Waals surface area (Å²) in [7, 11) is 1.32. The monoisotopic (exact) mass is 409 g/mol. The van der Waals surface area contributed by atoms with Crippen molar-refractivity contribution in [2.75, 3.05) is 7.11 Å². The van der Waals surface area contributed by atoms with Gasteiger partial charge in [0.2, 0.25) is 0 Å². The molecule has 30 heavy (non-hydrogen) atoms. The molecular weight excluding hydrogens is 381 g/mol. The number of esters is 1. The summed E-state index contributed by atoms with van der Waals surface area (Å²) in [6.45, 7) is 4.28. The molecule has 0 saturated heterocycles. The first-order chi connectivity index (χ1) is 14.4. The highest BCUT2D eigenvalue weighted by Gasteiger charge is 2.20. The molecule has 0 bridgehead atoms. The van der Waals surface area contributed by atoms with E-state index in [9.17, 15) is 14.3 Å². The van der Waals surface area contributed by atoms with E-state index < -0.39 is 12.1 Å². The van der Waals surface area contributed by atoms with Gasteiger partial charge in [-0.2, -0.15) is 0 Å². The average Bonchev–Trinajstić information content (AvgIpc) is 3.07. The Hall–Kier alpha value is -2.92. The zero-order valence-electron chi connectivity index (χ0n) is 17.6. The molecule has 1 N–H and O–H groups in total. The van der Waals surface area contributed by atoms with E-state index in [0.29, 0.717) is 19.3 Å². The van der Waals surface area contributed by atoms with Gasteiger partial charge in [-0.3, -0.25) is 0 Å². The van der Waals surface area contributed by atoms with Crippen LogP contribution >= 0.6 is 0 Å². The summed E-state index contributed by atoms with van der Waals surface area (Å²) in [5, 5.41) is 11.6. The molecule has 1 heterocycles. The molecule has 3 aromatic rings. The normalized spacial score (nSPS) is 12.7. The Morgan fingerprint density at radius 1 is 1.17 bits per heavy atom. The van der Waals surface area contributed by atoms with Gasteiger partial charge in [-0.1, -0.05) is 36.4 Å². The van der Waals surface area contributed by atoms with Crippen LogP contribution in [-0.4, -0.2) is 28.9 Å². The SMILES string of the molecule is COC(=O)C=CCC(O)CCc1c(-c2ccc(F)cc2)c2ccccc2n1C(C)C. The van der Waals surface area contributed by atoms with Crippen LogP contribution in [-0.2, 0) is 16.0 Å². The van der Waals surface area contributed by atoms with Crippen LogP contribution in [0.4, 0.5) is 4.39 Å². The van der Waals surface area contributed by atoms with Crippen molar-refractivity contribution in [2.45, 2.75) is 45.3 Å². The summed E-state index contributed by atoms with van der Waals surface area (Å²) in [6.07, 6.45) is 3.97. The molecule has 0 radical (unpaired) electrons. The van der Waals surface area contributed by atoms with Crippen molar-refractivity contribution >= 4 is 16.9 Å². The zero-order chi connectivity index (χ0) is 21.7. The molecule has 3 rings (SSSR count). The third-order valence-electron chi connectivity index (χ3n) is 5.24. The van der Waals surface area contributed by atoms with E-state index in [1.165, 1.54) is 25.3 Å². The van der Waals surface area contributed by atoms with Gasteiger partial charge < -0.3 is 14.4 Å². The van der Waals surface area contributed by atoms with Crippen LogP contribution in [0.1, 0.15) is 38.4 Å². The molecule has 0 fully saturated rings. The third-order valence-corrected chi connectivity index (χ3v) is 5.24. The molecule has 0 spiro atoms. The molecule has 1 atom stereocenters. The Bertz CT molecular complexity index is 1030. The first kappa shape index (κ1) is 21.8. The maximum absolute atomic E-state index is 13.5. The first-order valence-electron chi connectivity index (χ1n) is 10.2. The van der Waals surface area contributed by atoms with Crippen molar-refractivity contribution in [3.05, 3.63) is 72.2 Å². The number of hydrogen-bond acceptors (Lipinski definition) is 3. The molecule has 158 valence electrons. The summed E-state index contributed by atoms with van der Waals surface area (Å²) in [6, 6.07) is 15.0. The van der Waals surface area contributed by atoms with Gasteiger partial charge >= 0.3 is 5.97 Å². The van der Waals surface area contributed by atoms with Crippen molar-refractivity contribution in [3.8, 4) is 11.1 Å². The van der Waals surface area contributed by atoms with Gasteiger partial charge in [-0.25, -0.2) is 9.18 Å². The van der Waals surface area contributed by atoms with Crippen molar-refractivity contribution in [1.29, 1.82) is 0 Å². The lowest BCUT2D eigenvalue weighted by molar-refractivity contribution is -0.134.